The van der Waals surface area contributed by atoms with Crippen LogP contribution in [0, 0.1) is 0 Å². The van der Waals surface area contributed by atoms with Crippen LogP contribution in [0.25, 0.3) is 0 Å². The first-order chi connectivity index (χ1) is 3.81. The molecule has 0 saturated heterocycles. The van der Waals surface area contributed by atoms with Crippen molar-refractivity contribution in [2.75, 3.05) is 13.2 Å². The number of thiol groups is 1. The molecule has 0 aliphatic carbocycles. The summed E-state index contributed by atoms with van der Waals surface area (Å²) in [5.74, 6) is 0. The summed E-state index contributed by atoms with van der Waals surface area (Å²) in [4.78, 5) is 0. The Morgan fingerprint density at radius 3 is 2.75 bits per heavy atom. The number of ether oxygens (including phenoxy) is 1. The Kier molecular flexibility index (Phi) is 5.22. The third-order valence-corrected chi connectivity index (χ3v) is 1.20. The van der Waals surface area contributed by atoms with E-state index in [-0.39, 0.29) is 0 Å². The van der Waals surface area contributed by atoms with Crippen LogP contribution >= 0.6 is 12.6 Å². The first-order valence-electron chi connectivity index (χ1n) is 2.68. The van der Waals surface area contributed by atoms with Gasteiger partial charge in [-0.3, -0.25) is 0 Å². The molecule has 0 aliphatic rings. The summed E-state index contributed by atoms with van der Waals surface area (Å²) in [6.07, 6.45) is 0. The molecule has 0 fully saturated rings. The summed E-state index contributed by atoms with van der Waals surface area (Å²) < 4.78 is 5.07. The molecule has 0 rings (SSSR count). The van der Waals surface area contributed by atoms with Crippen molar-refractivity contribution in [1.29, 1.82) is 0 Å². The average molecular weight is 132 g/mol. The highest BCUT2D eigenvalue weighted by Gasteiger charge is 1.83. The van der Waals surface area contributed by atoms with E-state index < -0.39 is 0 Å². The van der Waals surface area contributed by atoms with Crippen molar-refractivity contribution in [3.05, 3.63) is 11.0 Å². The van der Waals surface area contributed by atoms with E-state index in [9.17, 15) is 0 Å². The van der Waals surface area contributed by atoms with Gasteiger partial charge in [0.05, 0.1) is 6.61 Å². The van der Waals surface area contributed by atoms with Crippen molar-refractivity contribution < 1.29 is 4.74 Å². The zero-order valence-corrected chi connectivity index (χ0v) is 6.24. The summed E-state index contributed by atoms with van der Waals surface area (Å²) in [7, 11) is 0. The van der Waals surface area contributed by atoms with E-state index in [4.69, 9.17) is 4.74 Å². The lowest BCUT2D eigenvalue weighted by atomic mass is 10.4. The van der Waals surface area contributed by atoms with Crippen LogP contribution < -0.4 is 0 Å². The molecule has 0 aromatic rings. The smallest absolute Gasteiger partial charge is 0.0681 e. The molecule has 0 N–H and O–H groups in total. The van der Waals surface area contributed by atoms with Crippen LogP contribution in [0.4, 0.5) is 0 Å². The first-order valence-corrected chi connectivity index (χ1v) is 3.20. The van der Waals surface area contributed by atoms with Gasteiger partial charge in [0.25, 0.3) is 0 Å². The summed E-state index contributed by atoms with van der Waals surface area (Å²) in [5.41, 5.74) is 1.16. The van der Waals surface area contributed by atoms with Crippen molar-refractivity contribution >= 4 is 12.6 Å². The largest absolute Gasteiger partial charge is 0.377 e. The molecule has 0 unspecified atom stereocenters. The Labute approximate surface area is 56.1 Å². The second kappa shape index (κ2) is 5.19. The molecular formula is C6H12OS. The molecule has 0 radical (unpaired) electrons. The molecule has 1 nitrogen and oxygen atoms in total. The van der Waals surface area contributed by atoms with E-state index in [0.717, 1.165) is 12.2 Å². The van der Waals surface area contributed by atoms with Gasteiger partial charge >= 0.3 is 0 Å². The summed E-state index contributed by atoms with van der Waals surface area (Å²) in [6, 6.07) is 0. The predicted molar refractivity (Wildman–Crippen MR) is 39.2 cm³/mol. The molecule has 0 amide bonds. The Morgan fingerprint density at radius 1 is 1.75 bits per heavy atom. The highest BCUT2D eigenvalue weighted by atomic mass is 32.1. The fraction of sp³-hybridized carbons (Fsp3) is 0.667. The average Bonchev–Trinajstić information content (AvgIpc) is 1.83. The standard InChI is InChI=1S/C6H12OS/c1-3-7-4-6(2)5-8/h5,8H,3-4H2,1-2H3/b6-5+. The molecule has 48 valence electrons. The van der Waals surface area contributed by atoms with Crippen molar-refractivity contribution in [2.45, 2.75) is 13.8 Å². The van der Waals surface area contributed by atoms with E-state index in [2.05, 4.69) is 12.6 Å². The molecule has 0 saturated carbocycles. The molecule has 0 heterocycles. The van der Waals surface area contributed by atoms with Crippen LogP contribution in [-0.4, -0.2) is 13.2 Å². The quantitative estimate of drug-likeness (QED) is 0.577. The van der Waals surface area contributed by atoms with Gasteiger partial charge in [-0.15, -0.1) is 0 Å². The molecule has 0 aromatic heterocycles. The van der Waals surface area contributed by atoms with Gasteiger partial charge < -0.3 is 4.74 Å². The van der Waals surface area contributed by atoms with Crippen molar-refractivity contribution in [3.8, 4) is 0 Å². The van der Waals surface area contributed by atoms with Gasteiger partial charge in [0.2, 0.25) is 0 Å². The van der Waals surface area contributed by atoms with Crippen LogP contribution in [0.5, 0.6) is 0 Å². The van der Waals surface area contributed by atoms with Crippen molar-refractivity contribution in [1.82, 2.24) is 0 Å². The maximum Gasteiger partial charge on any atom is 0.0681 e. The van der Waals surface area contributed by atoms with E-state index in [1.807, 2.05) is 13.8 Å². The van der Waals surface area contributed by atoms with Gasteiger partial charge in [-0.2, -0.15) is 12.6 Å². The fourth-order valence-corrected chi connectivity index (χ4v) is 0.375. The molecule has 0 aliphatic heterocycles. The Morgan fingerprint density at radius 2 is 2.38 bits per heavy atom. The van der Waals surface area contributed by atoms with Crippen LogP contribution in [0.2, 0.25) is 0 Å². The highest BCUT2D eigenvalue weighted by molar-refractivity contribution is 7.83. The van der Waals surface area contributed by atoms with E-state index in [1.54, 1.807) is 5.41 Å². The Hall–Kier alpha value is 0.0500. The maximum atomic E-state index is 5.07. The topological polar surface area (TPSA) is 9.23 Å². The summed E-state index contributed by atoms with van der Waals surface area (Å²) in [6.45, 7) is 5.45. The summed E-state index contributed by atoms with van der Waals surface area (Å²) >= 11 is 3.95. The number of hydrogen-bond acceptors (Lipinski definition) is 2. The third-order valence-electron chi connectivity index (χ3n) is 0.754. The monoisotopic (exact) mass is 132 g/mol. The zero-order valence-electron chi connectivity index (χ0n) is 5.35. The van der Waals surface area contributed by atoms with E-state index >= 15 is 0 Å². The highest BCUT2D eigenvalue weighted by Crippen LogP contribution is 1.93. The molecule has 0 spiro atoms. The SMILES string of the molecule is CCOC/C(C)=C/S. The van der Waals surface area contributed by atoms with Gasteiger partial charge in [-0.25, -0.2) is 0 Å². The van der Waals surface area contributed by atoms with E-state index in [0.29, 0.717) is 6.61 Å². The van der Waals surface area contributed by atoms with Crippen LogP contribution in [0.3, 0.4) is 0 Å². The van der Waals surface area contributed by atoms with Crippen LogP contribution in [-0.2, 0) is 4.74 Å². The molecular weight excluding hydrogens is 120 g/mol. The normalized spacial score (nSPS) is 12.1. The van der Waals surface area contributed by atoms with Crippen LogP contribution in [0.1, 0.15) is 13.8 Å². The maximum absolute atomic E-state index is 5.07. The number of hydrogen-bond donors (Lipinski definition) is 1. The second-order valence-corrected chi connectivity index (χ2v) is 1.87. The second-order valence-electron chi connectivity index (χ2n) is 1.61. The fourth-order valence-electron chi connectivity index (χ4n) is 0.300. The lowest BCUT2D eigenvalue weighted by Crippen LogP contribution is -1.92. The zero-order chi connectivity index (χ0) is 6.41. The van der Waals surface area contributed by atoms with Gasteiger partial charge in [-0.05, 0) is 24.8 Å². The summed E-state index contributed by atoms with van der Waals surface area (Å²) in [5, 5.41) is 1.76. The third kappa shape index (κ3) is 4.22. The van der Waals surface area contributed by atoms with Crippen molar-refractivity contribution in [3.63, 3.8) is 0 Å². The minimum Gasteiger partial charge on any atom is -0.377 e. The molecule has 0 bridgehead atoms. The molecule has 0 aromatic carbocycles. The minimum absolute atomic E-state index is 0.708. The molecule has 0 atom stereocenters. The van der Waals surface area contributed by atoms with Crippen LogP contribution in [0.15, 0.2) is 11.0 Å². The lowest BCUT2D eigenvalue weighted by Gasteiger charge is -1.97. The van der Waals surface area contributed by atoms with Gasteiger partial charge in [-0.1, -0.05) is 0 Å². The van der Waals surface area contributed by atoms with Gasteiger partial charge in [0.15, 0.2) is 0 Å². The van der Waals surface area contributed by atoms with Gasteiger partial charge in [0.1, 0.15) is 0 Å². The Balaban J connectivity index is 3.12. The van der Waals surface area contributed by atoms with Crippen molar-refractivity contribution in [2.24, 2.45) is 0 Å². The first kappa shape index (κ1) is 8.05. The Bertz CT molecular complexity index is 78.6. The van der Waals surface area contributed by atoms with E-state index in [1.165, 1.54) is 0 Å². The predicted octanol–water partition coefficient (Wildman–Crippen LogP) is 1.86. The molecule has 8 heavy (non-hydrogen) atoms. The lowest BCUT2D eigenvalue weighted by molar-refractivity contribution is 0.171. The van der Waals surface area contributed by atoms with Gasteiger partial charge in [0, 0.05) is 6.61 Å². The number of rotatable bonds is 3. The minimum atomic E-state index is 0.708. The molecule has 2 heteroatoms.